The number of guanidine groups is 1. The standard InChI is InChI=1S/C26H36N4O2.HI/c1-27-26(28-16-7-6-10-22-11-13-24(32-2)14-12-22)29-19-23-18-25(31)30(20-23)17-15-21-8-4-3-5-9-21;/h3-5,8-9,11-14,23H,6-7,10,15-20H2,1-2H3,(H2,27,28,29);1H. The van der Waals surface area contributed by atoms with E-state index in [0.717, 1.165) is 63.6 Å². The Hall–Kier alpha value is -2.29. The number of unbranched alkanes of at least 4 members (excludes halogenated alkanes) is 1. The number of methoxy groups -OCH3 is 1. The minimum atomic E-state index is 0. The lowest BCUT2D eigenvalue weighted by molar-refractivity contribution is -0.127. The molecular formula is C26H37IN4O2. The fourth-order valence-electron chi connectivity index (χ4n) is 4.03. The van der Waals surface area contributed by atoms with Crippen molar-refractivity contribution in [3.05, 3.63) is 65.7 Å². The van der Waals surface area contributed by atoms with E-state index in [1.807, 2.05) is 35.2 Å². The van der Waals surface area contributed by atoms with Gasteiger partial charge in [-0.15, -0.1) is 24.0 Å². The molecule has 180 valence electrons. The molecule has 0 aromatic heterocycles. The van der Waals surface area contributed by atoms with Crippen molar-refractivity contribution in [1.29, 1.82) is 0 Å². The van der Waals surface area contributed by atoms with E-state index >= 15 is 0 Å². The Kier molecular flexibility index (Phi) is 12.1. The summed E-state index contributed by atoms with van der Waals surface area (Å²) in [6, 6.07) is 18.6. The largest absolute Gasteiger partial charge is 0.497 e. The van der Waals surface area contributed by atoms with Gasteiger partial charge in [0.25, 0.3) is 0 Å². The molecule has 2 N–H and O–H groups in total. The molecule has 3 rings (SSSR count). The number of rotatable bonds is 11. The average Bonchev–Trinajstić information content (AvgIpc) is 3.19. The zero-order chi connectivity index (χ0) is 22.6. The van der Waals surface area contributed by atoms with Crippen molar-refractivity contribution in [2.75, 3.05) is 40.3 Å². The predicted octanol–water partition coefficient (Wildman–Crippen LogP) is 3.89. The molecule has 1 saturated heterocycles. The van der Waals surface area contributed by atoms with Crippen molar-refractivity contribution in [2.45, 2.75) is 32.1 Å². The normalized spacial score (nSPS) is 15.8. The van der Waals surface area contributed by atoms with Gasteiger partial charge in [0.1, 0.15) is 5.75 Å². The molecule has 1 atom stereocenters. The van der Waals surface area contributed by atoms with E-state index < -0.39 is 0 Å². The number of hydrogen-bond donors (Lipinski definition) is 2. The van der Waals surface area contributed by atoms with Crippen LogP contribution < -0.4 is 15.4 Å². The number of aryl methyl sites for hydroxylation is 1. The summed E-state index contributed by atoms with van der Waals surface area (Å²) < 4.78 is 5.20. The van der Waals surface area contributed by atoms with Crippen LogP contribution in [0.15, 0.2) is 59.6 Å². The number of halogens is 1. The van der Waals surface area contributed by atoms with E-state index in [-0.39, 0.29) is 29.9 Å². The van der Waals surface area contributed by atoms with Gasteiger partial charge in [-0.1, -0.05) is 42.5 Å². The van der Waals surface area contributed by atoms with E-state index in [1.54, 1.807) is 14.2 Å². The number of hydrogen-bond acceptors (Lipinski definition) is 3. The second-order valence-electron chi connectivity index (χ2n) is 8.33. The van der Waals surface area contributed by atoms with Gasteiger partial charge in [-0.2, -0.15) is 0 Å². The minimum absolute atomic E-state index is 0. The second-order valence-corrected chi connectivity index (χ2v) is 8.33. The molecule has 1 fully saturated rings. The molecule has 0 bridgehead atoms. The quantitative estimate of drug-likeness (QED) is 0.188. The molecule has 1 aliphatic rings. The Labute approximate surface area is 215 Å². The van der Waals surface area contributed by atoms with Crippen LogP contribution in [-0.4, -0.2) is 57.1 Å². The van der Waals surface area contributed by atoms with Gasteiger partial charge in [-0.3, -0.25) is 9.79 Å². The van der Waals surface area contributed by atoms with Crippen LogP contribution in [-0.2, 0) is 17.6 Å². The fraction of sp³-hybridized carbons (Fsp3) is 0.462. The summed E-state index contributed by atoms with van der Waals surface area (Å²) in [5.41, 5.74) is 2.61. The summed E-state index contributed by atoms with van der Waals surface area (Å²) in [5.74, 6) is 2.29. The van der Waals surface area contributed by atoms with Crippen molar-refractivity contribution in [3.63, 3.8) is 0 Å². The zero-order valence-electron chi connectivity index (χ0n) is 19.8. The first kappa shape index (κ1) is 27.0. The van der Waals surface area contributed by atoms with Gasteiger partial charge in [0, 0.05) is 45.6 Å². The maximum Gasteiger partial charge on any atom is 0.223 e. The molecule has 1 amide bonds. The first-order chi connectivity index (χ1) is 15.7. The lowest BCUT2D eigenvalue weighted by atomic mass is 10.1. The number of benzene rings is 2. The number of nitrogens with one attached hydrogen (secondary N) is 2. The third-order valence-electron chi connectivity index (χ3n) is 5.93. The summed E-state index contributed by atoms with van der Waals surface area (Å²) in [6.45, 7) is 3.25. The Morgan fingerprint density at radius 2 is 1.76 bits per heavy atom. The molecule has 2 aromatic rings. The first-order valence-electron chi connectivity index (χ1n) is 11.6. The van der Waals surface area contributed by atoms with Crippen LogP contribution in [0.3, 0.4) is 0 Å². The van der Waals surface area contributed by atoms with Gasteiger partial charge in [-0.05, 0) is 48.9 Å². The lowest BCUT2D eigenvalue weighted by Crippen LogP contribution is -2.40. The van der Waals surface area contributed by atoms with E-state index in [0.29, 0.717) is 12.3 Å². The molecule has 0 radical (unpaired) electrons. The van der Waals surface area contributed by atoms with Crippen LogP contribution in [0.5, 0.6) is 5.75 Å². The van der Waals surface area contributed by atoms with E-state index in [1.165, 1.54) is 11.1 Å². The predicted molar refractivity (Wildman–Crippen MR) is 146 cm³/mol. The number of carbonyl (C=O) groups is 1. The number of carbonyl (C=O) groups excluding carboxylic acids is 1. The molecule has 1 heterocycles. The Morgan fingerprint density at radius 1 is 1.03 bits per heavy atom. The van der Waals surface area contributed by atoms with Crippen LogP contribution in [0.1, 0.15) is 30.4 Å². The topological polar surface area (TPSA) is 66.0 Å². The van der Waals surface area contributed by atoms with Crippen molar-refractivity contribution >= 4 is 35.8 Å². The van der Waals surface area contributed by atoms with E-state index in [9.17, 15) is 4.79 Å². The summed E-state index contributed by atoms with van der Waals surface area (Å²) in [6.07, 6.45) is 4.76. The van der Waals surface area contributed by atoms with Crippen molar-refractivity contribution < 1.29 is 9.53 Å². The number of likely N-dealkylation sites (tertiary alicyclic amines) is 1. The highest BCUT2D eigenvalue weighted by Gasteiger charge is 2.29. The summed E-state index contributed by atoms with van der Waals surface area (Å²) in [7, 11) is 3.48. The van der Waals surface area contributed by atoms with Crippen LogP contribution in [0.2, 0.25) is 0 Å². The fourth-order valence-corrected chi connectivity index (χ4v) is 4.03. The Morgan fingerprint density at radius 3 is 2.45 bits per heavy atom. The van der Waals surface area contributed by atoms with Crippen molar-refractivity contribution in [3.8, 4) is 5.75 Å². The van der Waals surface area contributed by atoms with Crippen molar-refractivity contribution in [1.82, 2.24) is 15.5 Å². The highest BCUT2D eigenvalue weighted by atomic mass is 127. The van der Waals surface area contributed by atoms with Gasteiger partial charge in [0.2, 0.25) is 5.91 Å². The van der Waals surface area contributed by atoms with Gasteiger partial charge in [-0.25, -0.2) is 0 Å². The number of aliphatic imine (C=N–C) groups is 1. The van der Waals surface area contributed by atoms with Crippen molar-refractivity contribution in [2.24, 2.45) is 10.9 Å². The highest BCUT2D eigenvalue weighted by Crippen LogP contribution is 2.17. The van der Waals surface area contributed by atoms with Crippen LogP contribution >= 0.6 is 24.0 Å². The lowest BCUT2D eigenvalue weighted by Gasteiger charge is -2.18. The average molecular weight is 565 g/mol. The van der Waals surface area contributed by atoms with E-state index in [2.05, 4.69) is 39.9 Å². The van der Waals surface area contributed by atoms with Gasteiger partial charge < -0.3 is 20.3 Å². The van der Waals surface area contributed by atoms with Gasteiger partial charge in [0.15, 0.2) is 5.96 Å². The maximum absolute atomic E-state index is 12.4. The maximum atomic E-state index is 12.4. The number of ether oxygens (including phenoxy) is 1. The first-order valence-corrected chi connectivity index (χ1v) is 11.6. The third kappa shape index (κ3) is 9.23. The number of amides is 1. The number of nitrogens with zero attached hydrogens (tertiary/aromatic N) is 2. The third-order valence-corrected chi connectivity index (χ3v) is 5.93. The van der Waals surface area contributed by atoms with Crippen LogP contribution in [0.4, 0.5) is 0 Å². The molecule has 2 aromatic carbocycles. The molecule has 0 saturated carbocycles. The minimum Gasteiger partial charge on any atom is -0.497 e. The van der Waals surface area contributed by atoms with Crippen LogP contribution in [0.25, 0.3) is 0 Å². The summed E-state index contributed by atoms with van der Waals surface area (Å²) in [5, 5.41) is 6.78. The molecule has 0 aliphatic carbocycles. The molecule has 1 unspecified atom stereocenters. The van der Waals surface area contributed by atoms with Gasteiger partial charge in [0.05, 0.1) is 7.11 Å². The smallest absolute Gasteiger partial charge is 0.223 e. The Balaban J connectivity index is 0.00000385. The van der Waals surface area contributed by atoms with Gasteiger partial charge >= 0.3 is 0 Å². The molecule has 7 heteroatoms. The summed E-state index contributed by atoms with van der Waals surface area (Å²) in [4.78, 5) is 18.7. The monoisotopic (exact) mass is 564 g/mol. The molecule has 0 spiro atoms. The zero-order valence-corrected chi connectivity index (χ0v) is 22.1. The SMILES string of the molecule is CN=C(NCCCCc1ccc(OC)cc1)NCC1CC(=O)N(CCc2ccccc2)C1.I. The van der Waals surface area contributed by atoms with E-state index in [4.69, 9.17) is 4.74 Å². The van der Waals surface area contributed by atoms with Crippen LogP contribution in [0, 0.1) is 5.92 Å². The second kappa shape index (κ2) is 14.8. The highest BCUT2D eigenvalue weighted by molar-refractivity contribution is 14.0. The molecular weight excluding hydrogens is 527 g/mol. The molecule has 6 nitrogen and oxygen atoms in total. The Bertz CT molecular complexity index is 858. The summed E-state index contributed by atoms with van der Waals surface area (Å²) >= 11 is 0. The molecule has 33 heavy (non-hydrogen) atoms. The molecule has 1 aliphatic heterocycles.